The number of fused-ring (bicyclic) bond motifs is 1. The summed E-state index contributed by atoms with van der Waals surface area (Å²) in [5, 5.41) is 13.2. The first-order valence-corrected chi connectivity index (χ1v) is 12.6. The first kappa shape index (κ1) is 29.2. The Labute approximate surface area is 232 Å². The third-order valence-electron chi connectivity index (χ3n) is 6.55. The van der Waals surface area contributed by atoms with Crippen molar-refractivity contribution in [2.75, 3.05) is 0 Å². The average Bonchev–Trinajstić information content (AvgIpc) is 3.28. The molecule has 8 nitrogen and oxygen atoms in total. The number of aryl methyl sites for hydroxylation is 2. The number of nitrogens with zero attached hydrogens (tertiary/aromatic N) is 2. The second-order valence-electron chi connectivity index (χ2n) is 10.6. The van der Waals surface area contributed by atoms with Gasteiger partial charge < -0.3 is 24.7 Å². The van der Waals surface area contributed by atoms with Crippen molar-refractivity contribution in [3.05, 3.63) is 74.9 Å². The third-order valence-corrected chi connectivity index (χ3v) is 6.85. The Morgan fingerprint density at radius 2 is 1.82 bits per heavy atom. The number of aliphatic hydroxyl groups is 1. The van der Waals surface area contributed by atoms with Gasteiger partial charge in [-0.15, -0.1) is 0 Å². The zero-order chi connectivity index (χ0) is 29.8. The summed E-state index contributed by atoms with van der Waals surface area (Å²) in [4.78, 5) is 33.0. The molecule has 12 heteroatoms. The van der Waals surface area contributed by atoms with E-state index in [0.717, 1.165) is 19.4 Å². The molecule has 3 N–H and O–H groups in total. The minimum Gasteiger partial charge on any atom is -0.437 e. The molecule has 0 fully saturated rings. The molecule has 212 valence electrons. The van der Waals surface area contributed by atoms with E-state index in [4.69, 9.17) is 16.3 Å². The van der Waals surface area contributed by atoms with Crippen LogP contribution < -0.4 is 15.6 Å². The van der Waals surface area contributed by atoms with Crippen LogP contribution in [0.1, 0.15) is 49.3 Å². The number of aromatic amines is 1. The number of halogens is 4. The lowest BCUT2D eigenvalue weighted by atomic mass is 9.96. The minimum absolute atomic E-state index is 0.0106. The molecular weight excluding hydrogens is 549 g/mol. The molecule has 4 rings (SSSR count). The van der Waals surface area contributed by atoms with Crippen LogP contribution in [0.2, 0.25) is 5.02 Å². The van der Waals surface area contributed by atoms with Gasteiger partial charge in [-0.3, -0.25) is 9.59 Å². The molecule has 4 aromatic rings. The number of rotatable bonds is 6. The van der Waals surface area contributed by atoms with Crippen molar-refractivity contribution in [1.29, 1.82) is 0 Å². The SMILES string of the molecule is Cc1cccc(Cl)c1Oc1ncc(C(C)(C)O)cc1-c1cn(C)c(=O)c2[nH]c(C(=O)NC(C)(C)C(F)(F)F)cc12. The van der Waals surface area contributed by atoms with Crippen LogP contribution in [0.4, 0.5) is 13.2 Å². The zero-order valence-corrected chi connectivity index (χ0v) is 23.4. The Hall–Kier alpha value is -3.83. The molecule has 0 aliphatic carbocycles. The lowest BCUT2D eigenvalue weighted by molar-refractivity contribution is -0.182. The van der Waals surface area contributed by atoms with Crippen molar-refractivity contribution >= 4 is 28.4 Å². The highest BCUT2D eigenvalue weighted by Crippen LogP contribution is 2.40. The van der Waals surface area contributed by atoms with Gasteiger partial charge in [-0.25, -0.2) is 4.98 Å². The number of H-pyrrole nitrogens is 1. The smallest absolute Gasteiger partial charge is 0.410 e. The van der Waals surface area contributed by atoms with Gasteiger partial charge in [0.25, 0.3) is 11.5 Å². The number of aromatic nitrogens is 3. The summed E-state index contributed by atoms with van der Waals surface area (Å²) in [7, 11) is 1.49. The van der Waals surface area contributed by atoms with Gasteiger partial charge in [0.15, 0.2) is 5.75 Å². The summed E-state index contributed by atoms with van der Waals surface area (Å²) in [6, 6.07) is 8.15. The molecule has 1 amide bonds. The van der Waals surface area contributed by atoms with Gasteiger partial charge in [0.1, 0.15) is 16.7 Å². The number of benzene rings is 1. The van der Waals surface area contributed by atoms with Crippen LogP contribution in [0, 0.1) is 6.92 Å². The van der Waals surface area contributed by atoms with Crippen molar-refractivity contribution in [2.45, 2.75) is 51.9 Å². The van der Waals surface area contributed by atoms with E-state index in [1.807, 2.05) is 5.32 Å². The summed E-state index contributed by atoms with van der Waals surface area (Å²) >= 11 is 6.38. The van der Waals surface area contributed by atoms with E-state index in [9.17, 15) is 27.9 Å². The number of ether oxygens (including phenoxy) is 1. The second kappa shape index (κ2) is 9.97. The molecule has 0 saturated heterocycles. The summed E-state index contributed by atoms with van der Waals surface area (Å²) in [5.41, 5.74) is -2.71. The predicted octanol–water partition coefficient (Wildman–Crippen LogP) is 5.98. The van der Waals surface area contributed by atoms with Crippen molar-refractivity contribution in [2.24, 2.45) is 7.05 Å². The molecule has 3 aromatic heterocycles. The number of carbonyl (C=O) groups excluding carboxylic acids is 1. The molecule has 0 aliphatic rings. The average molecular weight is 577 g/mol. The van der Waals surface area contributed by atoms with E-state index in [1.54, 1.807) is 45.0 Å². The maximum Gasteiger partial charge on any atom is 0.410 e. The predicted molar refractivity (Wildman–Crippen MR) is 146 cm³/mol. The minimum atomic E-state index is -4.71. The second-order valence-corrected chi connectivity index (χ2v) is 11.0. The van der Waals surface area contributed by atoms with Crippen LogP contribution in [0.25, 0.3) is 22.0 Å². The fourth-order valence-electron chi connectivity index (χ4n) is 4.00. The Morgan fingerprint density at radius 1 is 1.15 bits per heavy atom. The van der Waals surface area contributed by atoms with Crippen molar-refractivity contribution in [1.82, 2.24) is 19.9 Å². The fraction of sp³-hybridized carbons (Fsp3) is 0.321. The molecule has 0 bridgehead atoms. The molecule has 0 atom stereocenters. The van der Waals surface area contributed by atoms with Crippen LogP contribution in [0.3, 0.4) is 0 Å². The Balaban J connectivity index is 1.94. The molecule has 0 spiro atoms. The zero-order valence-electron chi connectivity index (χ0n) is 22.6. The van der Waals surface area contributed by atoms with E-state index in [0.29, 0.717) is 27.5 Å². The number of hydrogen-bond acceptors (Lipinski definition) is 5. The van der Waals surface area contributed by atoms with E-state index in [-0.39, 0.29) is 22.5 Å². The monoisotopic (exact) mass is 576 g/mol. The summed E-state index contributed by atoms with van der Waals surface area (Å²) in [5.74, 6) is -0.605. The molecule has 40 heavy (non-hydrogen) atoms. The normalized spacial score (nSPS) is 12.6. The topological polar surface area (TPSA) is 109 Å². The molecular formula is C28H28ClF3N4O4. The highest BCUT2D eigenvalue weighted by Gasteiger charge is 2.48. The molecule has 0 unspecified atom stereocenters. The highest BCUT2D eigenvalue weighted by molar-refractivity contribution is 6.32. The molecule has 3 heterocycles. The maximum atomic E-state index is 13.4. The number of para-hydroxylation sites is 1. The molecule has 0 aliphatic heterocycles. The lowest BCUT2D eigenvalue weighted by Gasteiger charge is -2.28. The number of pyridine rings is 2. The van der Waals surface area contributed by atoms with E-state index < -0.39 is 28.8 Å². The van der Waals surface area contributed by atoms with Gasteiger partial charge in [0.2, 0.25) is 5.88 Å². The summed E-state index contributed by atoms with van der Waals surface area (Å²) < 4.78 is 47.6. The Kier molecular flexibility index (Phi) is 7.27. The van der Waals surface area contributed by atoms with E-state index in [1.165, 1.54) is 30.1 Å². The highest BCUT2D eigenvalue weighted by atomic mass is 35.5. The summed E-state index contributed by atoms with van der Waals surface area (Å²) in [6.45, 7) is 6.63. The third kappa shape index (κ3) is 5.44. The Morgan fingerprint density at radius 3 is 2.42 bits per heavy atom. The van der Waals surface area contributed by atoms with Crippen molar-refractivity contribution in [3.8, 4) is 22.8 Å². The number of carbonyl (C=O) groups is 1. The van der Waals surface area contributed by atoms with Crippen LogP contribution in [-0.4, -0.2) is 37.3 Å². The first-order chi connectivity index (χ1) is 18.4. The fourth-order valence-corrected chi connectivity index (χ4v) is 4.26. The maximum absolute atomic E-state index is 13.4. The van der Waals surface area contributed by atoms with Crippen LogP contribution in [0.15, 0.2) is 47.5 Å². The van der Waals surface area contributed by atoms with Crippen LogP contribution in [0.5, 0.6) is 11.6 Å². The molecule has 1 aromatic carbocycles. The van der Waals surface area contributed by atoms with Gasteiger partial charge in [-0.1, -0.05) is 23.7 Å². The summed E-state index contributed by atoms with van der Waals surface area (Å²) in [6.07, 6.45) is -1.76. The number of nitrogens with one attached hydrogen (secondary N) is 2. The lowest BCUT2D eigenvalue weighted by Crippen LogP contribution is -2.54. The van der Waals surface area contributed by atoms with Gasteiger partial charge >= 0.3 is 6.18 Å². The first-order valence-electron chi connectivity index (χ1n) is 12.2. The van der Waals surface area contributed by atoms with Crippen LogP contribution in [-0.2, 0) is 12.6 Å². The van der Waals surface area contributed by atoms with E-state index >= 15 is 0 Å². The quantitative estimate of drug-likeness (QED) is 0.262. The standard InChI is InChI=1S/C28H28ClF3N4O4/c1-14-8-7-9-19(29)22(14)40-24-17(10-15(12-33-24)26(2,3)39)18-13-36(6)25(38)21-16(18)11-20(34-21)23(37)35-27(4,5)28(30,31)32/h7-13,34,39H,1-6H3,(H,35,37). The van der Waals surface area contributed by atoms with Crippen LogP contribution >= 0.6 is 11.6 Å². The number of hydrogen-bond donors (Lipinski definition) is 3. The van der Waals surface area contributed by atoms with Crippen molar-refractivity contribution in [3.63, 3.8) is 0 Å². The van der Waals surface area contributed by atoms with Gasteiger partial charge in [-0.05, 0) is 58.4 Å². The van der Waals surface area contributed by atoms with Gasteiger partial charge in [0, 0.05) is 41.5 Å². The van der Waals surface area contributed by atoms with E-state index in [2.05, 4.69) is 9.97 Å². The number of alkyl halides is 3. The van der Waals surface area contributed by atoms with Crippen molar-refractivity contribution < 1.29 is 27.8 Å². The largest absolute Gasteiger partial charge is 0.437 e. The Bertz CT molecular complexity index is 1660. The van der Waals surface area contributed by atoms with Gasteiger partial charge in [0.05, 0.1) is 10.6 Å². The molecule has 0 radical (unpaired) electrons. The molecule has 0 saturated carbocycles. The van der Waals surface area contributed by atoms with Gasteiger partial charge in [-0.2, -0.15) is 13.2 Å². The number of amides is 1.